The van der Waals surface area contributed by atoms with Crippen LogP contribution in [-0.4, -0.2) is 13.1 Å². The van der Waals surface area contributed by atoms with Gasteiger partial charge in [0.1, 0.15) is 0 Å². The fourth-order valence-corrected chi connectivity index (χ4v) is 1.80. The van der Waals surface area contributed by atoms with Gasteiger partial charge >= 0.3 is 5.97 Å². The Hall–Kier alpha value is -0.310. The maximum Gasteiger partial charge on any atom is 0.331 e. The van der Waals surface area contributed by atoms with Crippen LogP contribution in [-0.2, 0) is 9.53 Å². The molecule has 0 saturated carbocycles. The van der Waals surface area contributed by atoms with Crippen molar-refractivity contribution in [3.05, 3.63) is 10.6 Å². The lowest BCUT2D eigenvalue weighted by atomic mass is 10.1. The summed E-state index contributed by atoms with van der Waals surface area (Å²) in [5, 5.41) is 0. The molecule has 2 nitrogen and oxygen atoms in total. The fraction of sp³-hybridized carbons (Fsp3) is 0.750. The van der Waals surface area contributed by atoms with Gasteiger partial charge in [-0.2, -0.15) is 0 Å². The molecule has 0 heterocycles. The maximum absolute atomic E-state index is 10.9. The van der Waals surface area contributed by atoms with E-state index in [2.05, 4.69) is 27.6 Å². The Balaban J connectivity index is 3.42. The summed E-state index contributed by atoms with van der Waals surface area (Å²) < 4.78 is 5.47. The van der Waals surface area contributed by atoms with E-state index in [0.29, 0.717) is 0 Å². The Morgan fingerprint density at radius 3 is 2.40 bits per heavy atom. The summed E-state index contributed by atoms with van der Waals surface area (Å²) in [4.78, 5) is 10.9. The zero-order valence-corrected chi connectivity index (χ0v) is 11.3. The van der Waals surface area contributed by atoms with Crippen molar-refractivity contribution in [1.29, 1.82) is 0 Å². The SMILES string of the molecule is CCCCCCCC/C(Br)=C/C(=O)OC. The molecule has 0 bridgehead atoms. The van der Waals surface area contributed by atoms with E-state index in [-0.39, 0.29) is 5.97 Å². The van der Waals surface area contributed by atoms with Gasteiger partial charge in [0.25, 0.3) is 0 Å². The molecular formula is C12H21BrO2. The van der Waals surface area contributed by atoms with Crippen molar-refractivity contribution in [3.8, 4) is 0 Å². The number of carbonyl (C=O) groups is 1. The van der Waals surface area contributed by atoms with E-state index in [4.69, 9.17) is 0 Å². The van der Waals surface area contributed by atoms with Crippen LogP contribution in [0.25, 0.3) is 0 Å². The van der Waals surface area contributed by atoms with E-state index in [1.165, 1.54) is 45.3 Å². The monoisotopic (exact) mass is 276 g/mol. The smallest absolute Gasteiger partial charge is 0.331 e. The van der Waals surface area contributed by atoms with E-state index < -0.39 is 0 Å². The van der Waals surface area contributed by atoms with Gasteiger partial charge < -0.3 is 4.74 Å². The van der Waals surface area contributed by atoms with Crippen LogP contribution < -0.4 is 0 Å². The second-order valence-electron chi connectivity index (χ2n) is 3.63. The molecule has 0 atom stereocenters. The van der Waals surface area contributed by atoms with Gasteiger partial charge in [-0.1, -0.05) is 55.0 Å². The zero-order chi connectivity index (χ0) is 11.5. The number of carbonyl (C=O) groups excluding carboxylic acids is 1. The predicted octanol–water partition coefficient (Wildman–Crippen LogP) is 4.19. The highest BCUT2D eigenvalue weighted by atomic mass is 79.9. The molecule has 0 saturated heterocycles. The highest BCUT2D eigenvalue weighted by Gasteiger charge is 1.98. The lowest BCUT2D eigenvalue weighted by molar-refractivity contribution is -0.134. The summed E-state index contributed by atoms with van der Waals surface area (Å²) >= 11 is 3.36. The third-order valence-electron chi connectivity index (χ3n) is 2.24. The molecule has 0 aromatic carbocycles. The summed E-state index contributed by atoms with van der Waals surface area (Å²) in [6.45, 7) is 2.22. The minimum Gasteiger partial charge on any atom is -0.466 e. The van der Waals surface area contributed by atoms with E-state index in [1.54, 1.807) is 0 Å². The molecule has 0 spiro atoms. The van der Waals surface area contributed by atoms with Gasteiger partial charge in [0.2, 0.25) is 0 Å². The largest absolute Gasteiger partial charge is 0.466 e. The highest BCUT2D eigenvalue weighted by Crippen LogP contribution is 2.16. The summed E-state index contributed by atoms with van der Waals surface area (Å²) in [5.41, 5.74) is 0. The molecule has 0 aliphatic carbocycles. The average Bonchev–Trinajstić information content (AvgIpc) is 2.23. The van der Waals surface area contributed by atoms with Crippen molar-refractivity contribution in [3.63, 3.8) is 0 Å². The van der Waals surface area contributed by atoms with E-state index in [0.717, 1.165) is 17.3 Å². The van der Waals surface area contributed by atoms with Crippen molar-refractivity contribution in [2.75, 3.05) is 7.11 Å². The van der Waals surface area contributed by atoms with Gasteiger partial charge in [0.05, 0.1) is 7.11 Å². The molecule has 0 aromatic rings. The lowest BCUT2D eigenvalue weighted by Crippen LogP contribution is -1.95. The number of rotatable bonds is 8. The maximum atomic E-state index is 10.9. The minimum atomic E-state index is -0.284. The standard InChI is InChI=1S/C12H21BrO2/c1-3-4-5-6-7-8-9-11(13)10-12(14)15-2/h10H,3-9H2,1-2H3/b11-10-. The van der Waals surface area contributed by atoms with Crippen LogP contribution in [0, 0.1) is 0 Å². The second-order valence-corrected chi connectivity index (χ2v) is 4.65. The van der Waals surface area contributed by atoms with E-state index in [9.17, 15) is 4.79 Å². The van der Waals surface area contributed by atoms with Gasteiger partial charge in [-0.3, -0.25) is 0 Å². The Bertz CT molecular complexity index is 200. The van der Waals surface area contributed by atoms with Gasteiger partial charge in [-0.05, 0) is 12.8 Å². The normalized spacial score (nSPS) is 11.5. The van der Waals surface area contributed by atoms with Crippen molar-refractivity contribution in [2.24, 2.45) is 0 Å². The fourth-order valence-electron chi connectivity index (χ4n) is 1.33. The molecule has 0 fully saturated rings. The number of esters is 1. The first-order valence-electron chi connectivity index (χ1n) is 5.64. The van der Waals surface area contributed by atoms with Crippen molar-refractivity contribution >= 4 is 21.9 Å². The topological polar surface area (TPSA) is 26.3 Å². The molecule has 0 amide bonds. The Morgan fingerprint density at radius 2 is 1.80 bits per heavy atom. The van der Waals surface area contributed by atoms with E-state index in [1.807, 2.05) is 0 Å². The summed E-state index contributed by atoms with van der Waals surface area (Å²) in [7, 11) is 1.39. The minimum absolute atomic E-state index is 0.284. The number of ether oxygens (including phenoxy) is 1. The Labute approximate surface area is 101 Å². The Morgan fingerprint density at radius 1 is 1.20 bits per heavy atom. The van der Waals surface area contributed by atoms with Gasteiger partial charge in [-0.25, -0.2) is 4.79 Å². The van der Waals surface area contributed by atoms with Crippen LogP contribution in [0.4, 0.5) is 0 Å². The molecule has 0 rings (SSSR count). The molecule has 0 aliphatic heterocycles. The predicted molar refractivity (Wildman–Crippen MR) is 67.0 cm³/mol. The molecule has 3 heteroatoms. The van der Waals surface area contributed by atoms with Crippen LogP contribution in [0.1, 0.15) is 51.9 Å². The number of hydrogen-bond donors (Lipinski definition) is 0. The molecule has 88 valence electrons. The molecular weight excluding hydrogens is 256 g/mol. The Kier molecular flexibility index (Phi) is 10.0. The van der Waals surface area contributed by atoms with Gasteiger partial charge in [0, 0.05) is 10.6 Å². The third-order valence-corrected chi connectivity index (χ3v) is 2.87. The van der Waals surface area contributed by atoms with Gasteiger partial charge in [-0.15, -0.1) is 0 Å². The first kappa shape index (κ1) is 14.7. The first-order valence-corrected chi connectivity index (χ1v) is 6.44. The van der Waals surface area contributed by atoms with Crippen molar-refractivity contribution < 1.29 is 9.53 Å². The zero-order valence-electron chi connectivity index (χ0n) is 9.72. The third kappa shape index (κ3) is 9.98. The number of halogens is 1. The second kappa shape index (κ2) is 10.2. The van der Waals surface area contributed by atoms with Crippen molar-refractivity contribution in [1.82, 2.24) is 0 Å². The van der Waals surface area contributed by atoms with Crippen LogP contribution in [0.2, 0.25) is 0 Å². The van der Waals surface area contributed by atoms with Crippen LogP contribution >= 0.6 is 15.9 Å². The molecule has 0 aliphatic rings. The average molecular weight is 277 g/mol. The molecule has 0 unspecified atom stereocenters. The van der Waals surface area contributed by atoms with Crippen LogP contribution in [0.15, 0.2) is 10.6 Å². The van der Waals surface area contributed by atoms with E-state index >= 15 is 0 Å². The summed E-state index contributed by atoms with van der Waals surface area (Å²) in [6, 6.07) is 0. The summed E-state index contributed by atoms with van der Waals surface area (Å²) in [6.07, 6.45) is 10.1. The number of hydrogen-bond acceptors (Lipinski definition) is 2. The van der Waals surface area contributed by atoms with Gasteiger partial charge in [0.15, 0.2) is 0 Å². The van der Waals surface area contributed by atoms with Crippen molar-refractivity contribution in [2.45, 2.75) is 51.9 Å². The quantitative estimate of drug-likeness (QED) is 0.378. The number of unbranched alkanes of at least 4 members (excludes halogenated alkanes) is 5. The lowest BCUT2D eigenvalue weighted by Gasteiger charge is -2.00. The number of allylic oxidation sites excluding steroid dienone is 1. The molecule has 0 radical (unpaired) electrons. The molecule has 0 aromatic heterocycles. The number of methoxy groups -OCH3 is 1. The summed E-state index contributed by atoms with van der Waals surface area (Å²) in [5.74, 6) is -0.284. The molecule has 15 heavy (non-hydrogen) atoms. The first-order chi connectivity index (χ1) is 7.20. The highest BCUT2D eigenvalue weighted by molar-refractivity contribution is 9.11. The molecule has 0 N–H and O–H groups in total. The van der Waals surface area contributed by atoms with Crippen LogP contribution in [0.3, 0.4) is 0 Å². The van der Waals surface area contributed by atoms with Crippen LogP contribution in [0.5, 0.6) is 0 Å².